The highest BCUT2D eigenvalue weighted by Crippen LogP contribution is 2.35. The van der Waals surface area contributed by atoms with Crippen LogP contribution in [0.4, 0.5) is 4.79 Å². The van der Waals surface area contributed by atoms with Crippen LogP contribution in [-0.4, -0.2) is 47.0 Å². The highest BCUT2D eigenvalue weighted by atomic mass is 16.4. The maximum Gasteiger partial charge on any atom is 0.323 e. The third kappa shape index (κ3) is 4.71. The molecule has 1 saturated carbocycles. The Labute approximate surface area is 118 Å². The predicted molar refractivity (Wildman–Crippen MR) is 73.0 cm³/mol. The molecule has 20 heavy (non-hydrogen) atoms. The third-order valence-corrected chi connectivity index (χ3v) is 3.76. The normalized spacial score (nSPS) is 21.0. The molecule has 4 N–H and O–H groups in total. The Morgan fingerprint density at radius 1 is 1.30 bits per heavy atom. The summed E-state index contributed by atoms with van der Waals surface area (Å²) in [5, 5.41) is 11.6. The topological polar surface area (TPSA) is 113 Å². The Morgan fingerprint density at radius 3 is 2.45 bits per heavy atom. The second-order valence-corrected chi connectivity index (χ2v) is 5.95. The molecule has 0 radical (unpaired) electrons. The molecular formula is C13H23N3O4. The fourth-order valence-corrected chi connectivity index (χ4v) is 2.55. The van der Waals surface area contributed by atoms with E-state index in [1.54, 1.807) is 0 Å². The monoisotopic (exact) mass is 285 g/mol. The molecule has 0 aromatic rings. The second kappa shape index (κ2) is 6.58. The molecule has 3 amide bonds. The van der Waals surface area contributed by atoms with E-state index in [0.717, 1.165) is 30.6 Å². The first kappa shape index (κ1) is 16.3. The van der Waals surface area contributed by atoms with Gasteiger partial charge in [-0.1, -0.05) is 26.7 Å². The SMILES string of the molecule is CC1(C)CCCCC1NC(=O)N(CC(N)=O)CC(=O)O. The minimum Gasteiger partial charge on any atom is -0.480 e. The van der Waals surface area contributed by atoms with Gasteiger partial charge in [-0.25, -0.2) is 4.79 Å². The molecule has 0 bridgehead atoms. The quantitative estimate of drug-likeness (QED) is 0.684. The van der Waals surface area contributed by atoms with Crippen molar-refractivity contribution in [2.75, 3.05) is 13.1 Å². The molecule has 0 aliphatic heterocycles. The molecule has 1 aliphatic carbocycles. The molecule has 0 aromatic carbocycles. The lowest BCUT2D eigenvalue weighted by molar-refractivity contribution is -0.137. The van der Waals surface area contributed by atoms with Crippen LogP contribution in [0.3, 0.4) is 0 Å². The number of primary amides is 1. The van der Waals surface area contributed by atoms with E-state index < -0.39 is 31.0 Å². The van der Waals surface area contributed by atoms with Gasteiger partial charge in [0.1, 0.15) is 13.1 Å². The fourth-order valence-electron chi connectivity index (χ4n) is 2.55. The van der Waals surface area contributed by atoms with Crippen LogP contribution in [0.25, 0.3) is 0 Å². The van der Waals surface area contributed by atoms with E-state index in [1.165, 1.54) is 0 Å². The molecule has 0 spiro atoms. The first-order valence-corrected chi connectivity index (χ1v) is 6.78. The van der Waals surface area contributed by atoms with E-state index in [9.17, 15) is 14.4 Å². The summed E-state index contributed by atoms with van der Waals surface area (Å²) in [6.07, 6.45) is 4.02. The fraction of sp³-hybridized carbons (Fsp3) is 0.769. The van der Waals surface area contributed by atoms with E-state index in [-0.39, 0.29) is 11.5 Å². The molecule has 1 atom stereocenters. The van der Waals surface area contributed by atoms with Gasteiger partial charge in [-0.05, 0) is 18.3 Å². The Balaban J connectivity index is 2.69. The molecule has 1 unspecified atom stereocenters. The Hall–Kier alpha value is -1.79. The number of nitrogens with one attached hydrogen (secondary N) is 1. The smallest absolute Gasteiger partial charge is 0.323 e. The molecule has 0 saturated heterocycles. The third-order valence-electron chi connectivity index (χ3n) is 3.76. The van der Waals surface area contributed by atoms with E-state index in [4.69, 9.17) is 10.8 Å². The Bertz CT molecular complexity index is 379. The van der Waals surface area contributed by atoms with Crippen molar-refractivity contribution in [2.45, 2.75) is 45.6 Å². The molecule has 1 rings (SSSR count). The standard InChI is InChI=1S/C13H23N3O4/c1-13(2)6-4-3-5-9(13)15-12(20)16(7-10(14)17)8-11(18)19/h9H,3-8H2,1-2H3,(H2,14,17)(H,15,20)(H,18,19). The molecule has 0 aromatic heterocycles. The van der Waals surface area contributed by atoms with Crippen molar-refractivity contribution >= 4 is 17.9 Å². The number of amides is 3. The number of hydrogen-bond donors (Lipinski definition) is 3. The lowest BCUT2D eigenvalue weighted by Crippen LogP contribution is -2.53. The van der Waals surface area contributed by atoms with Crippen LogP contribution in [0.15, 0.2) is 0 Å². The van der Waals surface area contributed by atoms with Crippen LogP contribution in [-0.2, 0) is 9.59 Å². The minimum atomic E-state index is -1.18. The van der Waals surface area contributed by atoms with Crippen LogP contribution in [0.5, 0.6) is 0 Å². The van der Waals surface area contributed by atoms with Crippen molar-refractivity contribution in [1.29, 1.82) is 0 Å². The summed E-state index contributed by atoms with van der Waals surface area (Å²) < 4.78 is 0. The van der Waals surface area contributed by atoms with Gasteiger partial charge in [-0.3, -0.25) is 9.59 Å². The van der Waals surface area contributed by atoms with Crippen molar-refractivity contribution in [3.05, 3.63) is 0 Å². The van der Waals surface area contributed by atoms with Gasteiger partial charge in [0.15, 0.2) is 0 Å². The summed E-state index contributed by atoms with van der Waals surface area (Å²) in [6, 6.07) is -0.570. The molecular weight excluding hydrogens is 262 g/mol. The zero-order valence-electron chi connectivity index (χ0n) is 12.0. The summed E-state index contributed by atoms with van der Waals surface area (Å²) in [4.78, 5) is 34.7. The molecule has 7 heteroatoms. The van der Waals surface area contributed by atoms with E-state index in [2.05, 4.69) is 19.2 Å². The second-order valence-electron chi connectivity index (χ2n) is 5.95. The number of carbonyl (C=O) groups is 3. The minimum absolute atomic E-state index is 0.0204. The number of aliphatic carboxylic acids is 1. The van der Waals surface area contributed by atoms with Crippen LogP contribution >= 0.6 is 0 Å². The van der Waals surface area contributed by atoms with E-state index >= 15 is 0 Å². The highest BCUT2D eigenvalue weighted by Gasteiger charge is 2.34. The largest absolute Gasteiger partial charge is 0.480 e. The van der Waals surface area contributed by atoms with Crippen molar-refractivity contribution in [3.63, 3.8) is 0 Å². The lowest BCUT2D eigenvalue weighted by atomic mass is 9.73. The first-order chi connectivity index (χ1) is 9.22. The number of hydrogen-bond acceptors (Lipinski definition) is 3. The highest BCUT2D eigenvalue weighted by molar-refractivity contribution is 5.86. The van der Waals surface area contributed by atoms with Gasteiger partial charge in [0.25, 0.3) is 0 Å². The summed E-state index contributed by atoms with van der Waals surface area (Å²) in [5.74, 6) is -1.91. The Morgan fingerprint density at radius 2 is 1.95 bits per heavy atom. The number of urea groups is 1. The van der Waals surface area contributed by atoms with Gasteiger partial charge in [0.2, 0.25) is 5.91 Å². The van der Waals surface area contributed by atoms with Gasteiger partial charge >= 0.3 is 12.0 Å². The average Bonchev–Trinajstić information content (AvgIpc) is 2.29. The first-order valence-electron chi connectivity index (χ1n) is 6.78. The number of nitrogens with zero attached hydrogens (tertiary/aromatic N) is 1. The van der Waals surface area contributed by atoms with Gasteiger partial charge in [0.05, 0.1) is 0 Å². The summed E-state index contributed by atoms with van der Waals surface area (Å²) in [7, 11) is 0. The predicted octanol–water partition coefficient (Wildman–Crippen LogP) is 0.537. The van der Waals surface area contributed by atoms with Crippen molar-refractivity contribution in [3.8, 4) is 0 Å². The summed E-state index contributed by atoms with van der Waals surface area (Å²) in [6.45, 7) is 3.21. The molecule has 7 nitrogen and oxygen atoms in total. The van der Waals surface area contributed by atoms with E-state index in [0.29, 0.717) is 0 Å². The van der Waals surface area contributed by atoms with Crippen LogP contribution < -0.4 is 11.1 Å². The van der Waals surface area contributed by atoms with Crippen LogP contribution in [0.1, 0.15) is 39.5 Å². The molecule has 114 valence electrons. The average molecular weight is 285 g/mol. The molecule has 0 heterocycles. The zero-order valence-corrected chi connectivity index (χ0v) is 12.0. The maximum atomic E-state index is 12.1. The molecule has 1 aliphatic rings. The van der Waals surface area contributed by atoms with Crippen molar-refractivity contribution in [2.24, 2.45) is 11.1 Å². The number of carboxylic acid groups (broad SMARTS) is 1. The van der Waals surface area contributed by atoms with E-state index in [1.807, 2.05) is 0 Å². The number of carbonyl (C=O) groups excluding carboxylic acids is 2. The van der Waals surface area contributed by atoms with Gasteiger partial charge < -0.3 is 21.1 Å². The van der Waals surface area contributed by atoms with Gasteiger partial charge in [-0.2, -0.15) is 0 Å². The van der Waals surface area contributed by atoms with Gasteiger partial charge in [0, 0.05) is 6.04 Å². The molecule has 1 fully saturated rings. The summed E-state index contributed by atoms with van der Waals surface area (Å²) in [5.41, 5.74) is 5.01. The maximum absolute atomic E-state index is 12.1. The number of carboxylic acids is 1. The lowest BCUT2D eigenvalue weighted by Gasteiger charge is -2.39. The van der Waals surface area contributed by atoms with Crippen molar-refractivity contribution in [1.82, 2.24) is 10.2 Å². The number of rotatable bonds is 5. The Kier molecular flexibility index (Phi) is 5.35. The van der Waals surface area contributed by atoms with Gasteiger partial charge in [-0.15, -0.1) is 0 Å². The van der Waals surface area contributed by atoms with Crippen molar-refractivity contribution < 1.29 is 19.5 Å². The zero-order chi connectivity index (χ0) is 15.3. The summed E-state index contributed by atoms with van der Waals surface area (Å²) >= 11 is 0. The van der Waals surface area contributed by atoms with Crippen LogP contribution in [0.2, 0.25) is 0 Å². The number of nitrogens with two attached hydrogens (primary N) is 1. The van der Waals surface area contributed by atoms with Crippen LogP contribution in [0, 0.1) is 5.41 Å².